The van der Waals surface area contributed by atoms with Gasteiger partial charge >= 0.3 is 41.8 Å². The summed E-state index contributed by atoms with van der Waals surface area (Å²) in [5, 5.41) is 123. The van der Waals surface area contributed by atoms with Crippen molar-refractivity contribution in [3.8, 4) is 23.0 Å². The normalized spacial score (nSPS) is 11.8. The molecule has 0 saturated carbocycles. The first-order valence-corrected chi connectivity index (χ1v) is 38.1. The number of nitrogens with one attached hydrogen (secondary N) is 9. The fourth-order valence-corrected chi connectivity index (χ4v) is 12.7. The number of aliphatic carboxylic acids is 6. The summed E-state index contributed by atoms with van der Waals surface area (Å²) < 4.78 is 3.11. The zero-order chi connectivity index (χ0) is 90.6. The van der Waals surface area contributed by atoms with E-state index < -0.39 is 208 Å². The van der Waals surface area contributed by atoms with Gasteiger partial charge < -0.3 is 103 Å². The number of urea groups is 1. The van der Waals surface area contributed by atoms with E-state index in [9.17, 15) is 132 Å². The molecule has 19 N–H and O–H groups in total. The molecule has 1 aromatic carbocycles. The molecule has 658 valence electrons. The van der Waals surface area contributed by atoms with Crippen molar-refractivity contribution in [2.45, 2.75) is 123 Å². The summed E-state index contributed by atoms with van der Waals surface area (Å²) >= 11 is 0. The fraction of sp³-hybridized carbons (Fsp3) is 0.385. The molecule has 0 fully saturated rings. The highest BCUT2D eigenvalue weighted by atomic mass is 16.4. The van der Waals surface area contributed by atoms with Gasteiger partial charge in [-0.1, -0.05) is 30.3 Å². The van der Waals surface area contributed by atoms with E-state index in [0.717, 1.165) is 47.9 Å². The van der Waals surface area contributed by atoms with Gasteiger partial charge in [0, 0.05) is 118 Å². The number of hydrogen-bond acceptors (Lipinski definition) is 26. The van der Waals surface area contributed by atoms with Gasteiger partial charge in [-0.05, 0) is 121 Å². The molecule has 9 amide bonds. The number of benzene rings is 1. The molecule has 45 nitrogen and oxygen atoms in total. The van der Waals surface area contributed by atoms with Crippen LogP contribution in [0.15, 0.2) is 98.2 Å². The molecular weight excluding hydrogens is 1620 g/mol. The SMILES string of the molecule is Cc1cc(C(=O)NCCN(CCCN(CCNC(=O)c2cc(C)n(CC(=O)O)c(=O)c2O)CCNC(=O)c2cc(C)n(CC(=O)NCc3ccc(C(=O)N[C@@H](Cc4ccc5ccccc5n4)C(=O)NCCCC[C@H](NC(=O)N[C@H](CCC(=O)O)C(=O)O)C(=O)O)nc3)c(=O)c2O)CCNC(=O)c2cc(C)n(CC(=O)O)c(=O)c2O)c(O)c(=O)n1CC(=O)O. The van der Waals surface area contributed by atoms with E-state index in [-0.39, 0.29) is 139 Å². The number of pyridine rings is 6. The Kier molecular flexibility index (Phi) is 34.6. The topological polar surface area (TPSA) is 670 Å². The van der Waals surface area contributed by atoms with E-state index in [1.54, 1.807) is 34.1 Å². The molecule has 6 heterocycles. The van der Waals surface area contributed by atoms with E-state index in [1.807, 2.05) is 17.4 Å². The van der Waals surface area contributed by atoms with Gasteiger partial charge in [0.2, 0.25) is 11.8 Å². The molecule has 0 unspecified atom stereocenters. The van der Waals surface area contributed by atoms with E-state index >= 15 is 0 Å². The number of aryl methyl sites for hydroxylation is 4. The summed E-state index contributed by atoms with van der Waals surface area (Å²) in [6.07, 6.45) is 0.415. The predicted molar refractivity (Wildman–Crippen MR) is 429 cm³/mol. The number of carbonyl (C=O) groups excluding carboxylic acids is 8. The van der Waals surface area contributed by atoms with Gasteiger partial charge in [-0.2, -0.15) is 0 Å². The third kappa shape index (κ3) is 27.6. The van der Waals surface area contributed by atoms with E-state index in [0.29, 0.717) is 16.8 Å². The minimum Gasteiger partial charge on any atom is -0.502 e. The molecule has 0 saturated heterocycles. The first-order valence-electron chi connectivity index (χ1n) is 38.1. The molecular formula is C78H93N17O28. The lowest BCUT2D eigenvalue weighted by molar-refractivity contribution is -0.141. The lowest BCUT2D eigenvalue weighted by Crippen LogP contribution is -2.51. The smallest absolute Gasteiger partial charge is 0.326 e. The lowest BCUT2D eigenvalue weighted by Gasteiger charge is -2.26. The molecule has 7 rings (SSSR count). The predicted octanol–water partition coefficient (Wildman–Crippen LogP) is -2.39. The number of nitrogens with zero attached hydrogens (tertiary/aromatic N) is 8. The first kappa shape index (κ1) is 95.2. The Morgan fingerprint density at radius 1 is 0.415 bits per heavy atom. The number of rotatable bonds is 47. The molecule has 3 atom stereocenters. The van der Waals surface area contributed by atoms with Crippen molar-refractivity contribution in [3.63, 3.8) is 0 Å². The maximum atomic E-state index is 13.9. The minimum absolute atomic E-state index is 0.0211. The second-order valence-corrected chi connectivity index (χ2v) is 28.2. The van der Waals surface area contributed by atoms with Crippen LogP contribution < -0.4 is 70.1 Å². The average Bonchev–Trinajstić information content (AvgIpc) is 0.814. The number of hydrogen-bond donors (Lipinski definition) is 19. The Morgan fingerprint density at radius 2 is 0.829 bits per heavy atom. The quantitative estimate of drug-likeness (QED) is 0.0177. The first-order chi connectivity index (χ1) is 58.2. The molecule has 0 aliphatic heterocycles. The number of carbonyl (C=O) groups is 14. The number of para-hydroxylation sites is 1. The van der Waals surface area contributed by atoms with Gasteiger partial charge in [0.1, 0.15) is 50.0 Å². The molecule has 0 radical (unpaired) electrons. The third-order valence-corrected chi connectivity index (χ3v) is 19.2. The summed E-state index contributed by atoms with van der Waals surface area (Å²) in [5.74, 6) is -18.6. The molecule has 0 bridgehead atoms. The van der Waals surface area contributed by atoms with Crippen molar-refractivity contribution >= 4 is 94.1 Å². The van der Waals surface area contributed by atoms with Crippen LogP contribution in [0.4, 0.5) is 4.79 Å². The Hall–Kier alpha value is -14.9. The Labute approximate surface area is 696 Å². The Balaban J connectivity index is 0.991. The number of aromatic nitrogens is 6. The Bertz CT molecular complexity index is 5350. The molecule has 123 heavy (non-hydrogen) atoms. The third-order valence-electron chi connectivity index (χ3n) is 19.2. The van der Waals surface area contributed by atoms with E-state index in [1.165, 1.54) is 46.0 Å². The van der Waals surface area contributed by atoms with E-state index in [4.69, 9.17) is 5.11 Å². The van der Waals surface area contributed by atoms with Gasteiger partial charge in [-0.3, -0.25) is 105 Å². The summed E-state index contributed by atoms with van der Waals surface area (Å²) in [7, 11) is 0. The van der Waals surface area contributed by atoms with Crippen molar-refractivity contribution in [1.29, 1.82) is 0 Å². The second-order valence-electron chi connectivity index (χ2n) is 28.2. The lowest BCUT2D eigenvalue weighted by atomic mass is 10.1. The maximum Gasteiger partial charge on any atom is 0.326 e. The minimum atomic E-state index is -1.62. The zero-order valence-corrected chi connectivity index (χ0v) is 66.9. The van der Waals surface area contributed by atoms with Crippen molar-refractivity contribution < 1.29 is 118 Å². The van der Waals surface area contributed by atoms with Crippen LogP contribution in [0.1, 0.15) is 124 Å². The number of carboxylic acid groups (broad SMARTS) is 6. The number of aromatic hydroxyl groups is 4. The molecule has 7 aromatic rings. The highest BCUT2D eigenvalue weighted by Gasteiger charge is 2.30. The number of amides is 9. The van der Waals surface area contributed by atoms with Crippen LogP contribution in [0.25, 0.3) is 10.9 Å². The highest BCUT2D eigenvalue weighted by molar-refractivity contribution is 6.00. The van der Waals surface area contributed by atoms with Crippen LogP contribution in [-0.2, 0) is 77.5 Å². The van der Waals surface area contributed by atoms with Gasteiger partial charge in [0.15, 0.2) is 23.0 Å². The van der Waals surface area contributed by atoms with Crippen LogP contribution in [0, 0.1) is 27.7 Å². The summed E-state index contributed by atoms with van der Waals surface area (Å²) in [6, 6.07) is 12.3. The number of unbranched alkanes of at least 4 members (excludes halogenated alkanes) is 1. The molecule has 0 aliphatic carbocycles. The van der Waals surface area contributed by atoms with Crippen molar-refractivity contribution in [2.24, 2.45) is 0 Å². The summed E-state index contributed by atoms with van der Waals surface area (Å²) in [6.45, 7) is 1.34. The second kappa shape index (κ2) is 44.8. The standard InChI is InChI=1S/C78H93N17O28/c1-41-30-48(62(105)72(115)92(41)37-57(96)85-36-45-13-16-53(84-35-45)71(114)87-56(34-47-15-14-46-10-5-6-11-52(46)86-47)70(113)79-19-8-7-12-54(76(119)120)88-78(123)89-55(77(121)122)17-18-58(97)98)66(109)80-20-26-90(27-21-81-67(110)49-31-42(2)93(38-59(99)100)73(116)63(49)106)24-9-25-91(28-22-82-68(111)50-32-43(3)94(39-60(101)102)74(117)64(50)107)29-23-83-69(112)51-33-44(4)95(40-61(103)104)75(118)65(51)108/h5-6,10-11,13-16,30-33,35,54-56,105-108H,7-9,12,17-29,34,36-40H2,1-4H3,(H,79,113)(H,80,109)(H,81,110)(H,82,111)(H,83,112)(H,85,96)(H,87,114)(H,97,98)(H,99,100)(H,101,102)(H,103,104)(H,119,120)(H,121,122)(H2,88,89,123)/t54-,55+,56-/m0/s1. The molecule has 6 aromatic heterocycles. The van der Waals surface area contributed by atoms with Crippen molar-refractivity contribution in [1.82, 2.24) is 85.9 Å². The Morgan fingerprint density at radius 3 is 1.23 bits per heavy atom. The number of fused-ring (bicyclic) bond motifs is 1. The average molecular weight is 1720 g/mol. The van der Waals surface area contributed by atoms with Crippen molar-refractivity contribution in [2.75, 3.05) is 72.0 Å². The summed E-state index contributed by atoms with van der Waals surface area (Å²) in [4.78, 5) is 241. The van der Waals surface area contributed by atoms with Gasteiger partial charge in [0.05, 0.1) is 27.8 Å². The van der Waals surface area contributed by atoms with Crippen LogP contribution >= 0.6 is 0 Å². The van der Waals surface area contributed by atoms with Gasteiger partial charge in [-0.25, -0.2) is 14.4 Å². The molecule has 0 aliphatic rings. The van der Waals surface area contributed by atoms with Gasteiger partial charge in [-0.15, -0.1) is 0 Å². The highest BCUT2D eigenvalue weighted by Crippen LogP contribution is 2.20. The van der Waals surface area contributed by atoms with Crippen LogP contribution in [0.2, 0.25) is 0 Å². The fourth-order valence-electron chi connectivity index (χ4n) is 12.7. The summed E-state index contributed by atoms with van der Waals surface area (Å²) in [5.41, 5.74) is -5.17. The van der Waals surface area contributed by atoms with Crippen LogP contribution in [0.5, 0.6) is 23.0 Å². The van der Waals surface area contributed by atoms with Gasteiger partial charge in [0.25, 0.3) is 51.8 Å². The monoisotopic (exact) mass is 1720 g/mol. The zero-order valence-electron chi connectivity index (χ0n) is 66.9. The number of carboxylic acids is 6. The van der Waals surface area contributed by atoms with Crippen LogP contribution in [0.3, 0.4) is 0 Å². The largest absolute Gasteiger partial charge is 0.502 e. The maximum absolute atomic E-state index is 13.9. The van der Waals surface area contributed by atoms with Crippen molar-refractivity contribution in [3.05, 3.63) is 182 Å². The van der Waals surface area contributed by atoms with Crippen LogP contribution in [-0.4, -0.2) is 262 Å². The molecule has 0 spiro atoms. The van der Waals surface area contributed by atoms with E-state index in [2.05, 4.69) is 52.5 Å². The molecule has 45 heteroatoms.